The van der Waals surface area contributed by atoms with E-state index in [0.29, 0.717) is 12.2 Å². The van der Waals surface area contributed by atoms with Crippen molar-refractivity contribution in [2.45, 2.75) is 27.7 Å². The topological polar surface area (TPSA) is 38.3 Å². The van der Waals surface area contributed by atoms with Gasteiger partial charge in [0.2, 0.25) is 0 Å². The Morgan fingerprint density at radius 1 is 1.31 bits per heavy atom. The van der Waals surface area contributed by atoms with Gasteiger partial charge in [-0.15, -0.1) is 0 Å². The first-order valence-electron chi connectivity index (χ1n) is 4.61. The third-order valence-corrected chi connectivity index (χ3v) is 1.82. The zero-order chi connectivity index (χ0) is 10.3. The Bertz CT molecular complexity index is 193. The summed E-state index contributed by atoms with van der Waals surface area (Å²) in [5, 5.41) is 3.08. The van der Waals surface area contributed by atoms with Crippen LogP contribution in [0.3, 0.4) is 0 Å². The smallest absolute Gasteiger partial charge is 0.333 e. The van der Waals surface area contributed by atoms with E-state index in [2.05, 4.69) is 5.32 Å². The molecule has 0 rings (SSSR count). The number of likely N-dealkylation sites (N-methyl/N-ethyl adjacent to an activating group) is 1. The van der Waals surface area contributed by atoms with Gasteiger partial charge in [0.25, 0.3) is 0 Å². The van der Waals surface area contributed by atoms with Gasteiger partial charge in [0.1, 0.15) is 6.61 Å². The molecule has 0 aliphatic rings. The van der Waals surface area contributed by atoms with Crippen LogP contribution in [-0.2, 0) is 9.53 Å². The van der Waals surface area contributed by atoms with Crippen molar-refractivity contribution in [2.75, 3.05) is 19.7 Å². The second kappa shape index (κ2) is 6.66. The predicted octanol–water partition coefficient (Wildman–Crippen LogP) is 1.50. The summed E-state index contributed by atoms with van der Waals surface area (Å²) >= 11 is 0. The van der Waals surface area contributed by atoms with Crippen LogP contribution in [0.25, 0.3) is 0 Å². The molecular weight excluding hydrogens is 166 g/mol. The molecule has 0 fully saturated rings. The first-order chi connectivity index (χ1) is 6.09. The van der Waals surface area contributed by atoms with Crippen molar-refractivity contribution in [3.05, 3.63) is 11.1 Å². The SMILES string of the molecule is CCNCCOC(=O)C(C)=C(C)C. The van der Waals surface area contributed by atoms with Crippen molar-refractivity contribution in [3.63, 3.8) is 0 Å². The zero-order valence-electron chi connectivity index (χ0n) is 8.94. The van der Waals surface area contributed by atoms with E-state index in [9.17, 15) is 4.79 Å². The Labute approximate surface area is 80.2 Å². The molecule has 0 aromatic rings. The molecule has 0 aliphatic heterocycles. The largest absolute Gasteiger partial charge is 0.461 e. The maximum absolute atomic E-state index is 11.2. The van der Waals surface area contributed by atoms with E-state index < -0.39 is 0 Å². The summed E-state index contributed by atoms with van der Waals surface area (Å²) in [7, 11) is 0. The Hall–Kier alpha value is -0.830. The number of nitrogens with one attached hydrogen (secondary N) is 1. The molecule has 0 aromatic carbocycles. The minimum absolute atomic E-state index is 0.210. The van der Waals surface area contributed by atoms with Crippen LogP contribution < -0.4 is 5.32 Å². The molecule has 76 valence electrons. The second-order valence-corrected chi connectivity index (χ2v) is 3.11. The third kappa shape index (κ3) is 5.42. The number of esters is 1. The second-order valence-electron chi connectivity index (χ2n) is 3.11. The summed E-state index contributed by atoms with van der Waals surface area (Å²) in [4.78, 5) is 11.2. The van der Waals surface area contributed by atoms with E-state index in [1.54, 1.807) is 6.92 Å². The van der Waals surface area contributed by atoms with Gasteiger partial charge in [-0.25, -0.2) is 4.79 Å². The molecular formula is C10H19NO2. The molecule has 3 nitrogen and oxygen atoms in total. The van der Waals surface area contributed by atoms with Gasteiger partial charge in [-0.05, 0) is 27.3 Å². The standard InChI is InChI=1S/C10H19NO2/c1-5-11-6-7-13-10(12)9(4)8(2)3/h11H,5-7H2,1-4H3. The van der Waals surface area contributed by atoms with E-state index in [4.69, 9.17) is 4.74 Å². The van der Waals surface area contributed by atoms with Crippen LogP contribution in [0.5, 0.6) is 0 Å². The lowest BCUT2D eigenvalue weighted by Gasteiger charge is -2.06. The molecule has 0 radical (unpaired) electrons. The van der Waals surface area contributed by atoms with Crippen LogP contribution in [0, 0.1) is 0 Å². The van der Waals surface area contributed by atoms with Crippen molar-refractivity contribution < 1.29 is 9.53 Å². The van der Waals surface area contributed by atoms with Crippen LogP contribution >= 0.6 is 0 Å². The maximum atomic E-state index is 11.2. The molecule has 0 saturated carbocycles. The maximum Gasteiger partial charge on any atom is 0.333 e. The highest BCUT2D eigenvalue weighted by atomic mass is 16.5. The number of hydrogen-bond donors (Lipinski definition) is 1. The average molecular weight is 185 g/mol. The monoisotopic (exact) mass is 185 g/mol. The van der Waals surface area contributed by atoms with Crippen LogP contribution in [0.4, 0.5) is 0 Å². The molecule has 0 aliphatic carbocycles. The fourth-order valence-electron chi connectivity index (χ4n) is 0.705. The number of rotatable bonds is 5. The van der Waals surface area contributed by atoms with E-state index >= 15 is 0 Å². The van der Waals surface area contributed by atoms with Gasteiger partial charge in [0, 0.05) is 12.1 Å². The molecule has 0 bridgehead atoms. The van der Waals surface area contributed by atoms with Crippen LogP contribution in [0.2, 0.25) is 0 Å². The number of carbonyl (C=O) groups is 1. The quantitative estimate of drug-likeness (QED) is 0.401. The molecule has 0 saturated heterocycles. The van der Waals surface area contributed by atoms with Gasteiger partial charge in [0.05, 0.1) is 0 Å². The first-order valence-corrected chi connectivity index (χ1v) is 4.61. The van der Waals surface area contributed by atoms with E-state index in [1.165, 1.54) is 0 Å². The molecule has 0 aromatic heterocycles. The molecule has 0 heterocycles. The zero-order valence-corrected chi connectivity index (χ0v) is 8.94. The minimum Gasteiger partial charge on any atom is -0.461 e. The van der Waals surface area contributed by atoms with Crippen LogP contribution in [0.15, 0.2) is 11.1 Å². The lowest BCUT2D eigenvalue weighted by molar-refractivity contribution is -0.138. The van der Waals surface area contributed by atoms with Gasteiger partial charge < -0.3 is 10.1 Å². The van der Waals surface area contributed by atoms with Crippen molar-refractivity contribution in [3.8, 4) is 0 Å². The fourth-order valence-corrected chi connectivity index (χ4v) is 0.705. The average Bonchev–Trinajstić information content (AvgIpc) is 2.10. The minimum atomic E-state index is -0.210. The highest BCUT2D eigenvalue weighted by molar-refractivity contribution is 5.88. The molecule has 1 N–H and O–H groups in total. The van der Waals surface area contributed by atoms with Crippen LogP contribution in [-0.4, -0.2) is 25.7 Å². The number of ether oxygens (including phenoxy) is 1. The molecule has 0 amide bonds. The molecule has 13 heavy (non-hydrogen) atoms. The lowest BCUT2D eigenvalue weighted by Crippen LogP contribution is -2.21. The van der Waals surface area contributed by atoms with Gasteiger partial charge in [-0.1, -0.05) is 12.5 Å². The highest BCUT2D eigenvalue weighted by Gasteiger charge is 2.05. The van der Waals surface area contributed by atoms with Gasteiger partial charge >= 0.3 is 5.97 Å². The van der Waals surface area contributed by atoms with Gasteiger partial charge in [-0.3, -0.25) is 0 Å². The summed E-state index contributed by atoms with van der Waals surface area (Å²) in [6.45, 7) is 9.67. The fraction of sp³-hybridized carbons (Fsp3) is 0.700. The van der Waals surface area contributed by atoms with E-state index in [1.807, 2.05) is 20.8 Å². The summed E-state index contributed by atoms with van der Waals surface area (Å²) in [5.74, 6) is -0.210. The van der Waals surface area contributed by atoms with Crippen molar-refractivity contribution in [1.82, 2.24) is 5.32 Å². The van der Waals surface area contributed by atoms with Gasteiger partial charge in [-0.2, -0.15) is 0 Å². The number of carbonyl (C=O) groups excluding carboxylic acids is 1. The first kappa shape index (κ1) is 12.2. The summed E-state index contributed by atoms with van der Waals surface area (Å²) < 4.78 is 5.01. The molecule has 0 atom stereocenters. The van der Waals surface area contributed by atoms with E-state index in [-0.39, 0.29) is 5.97 Å². The number of hydrogen-bond acceptors (Lipinski definition) is 3. The summed E-state index contributed by atoms with van der Waals surface area (Å²) in [6, 6.07) is 0. The lowest BCUT2D eigenvalue weighted by atomic mass is 10.2. The Kier molecular flexibility index (Phi) is 6.24. The number of allylic oxidation sites excluding steroid dienone is 1. The molecule has 0 unspecified atom stereocenters. The third-order valence-electron chi connectivity index (χ3n) is 1.82. The predicted molar refractivity (Wildman–Crippen MR) is 53.6 cm³/mol. The summed E-state index contributed by atoms with van der Waals surface area (Å²) in [5.41, 5.74) is 1.71. The van der Waals surface area contributed by atoms with Crippen LogP contribution in [0.1, 0.15) is 27.7 Å². The summed E-state index contributed by atoms with van der Waals surface area (Å²) in [6.07, 6.45) is 0. The van der Waals surface area contributed by atoms with Gasteiger partial charge in [0.15, 0.2) is 0 Å². The van der Waals surface area contributed by atoms with Crippen molar-refractivity contribution >= 4 is 5.97 Å². The van der Waals surface area contributed by atoms with Crippen molar-refractivity contribution in [1.29, 1.82) is 0 Å². The van der Waals surface area contributed by atoms with Crippen molar-refractivity contribution in [2.24, 2.45) is 0 Å². The molecule has 3 heteroatoms. The Morgan fingerprint density at radius 3 is 2.38 bits per heavy atom. The Morgan fingerprint density at radius 2 is 1.92 bits per heavy atom. The Balaban J connectivity index is 3.70. The van der Waals surface area contributed by atoms with E-state index in [0.717, 1.165) is 18.7 Å². The normalized spacial score (nSPS) is 9.54. The highest BCUT2D eigenvalue weighted by Crippen LogP contribution is 2.03. The molecule has 0 spiro atoms.